The Kier molecular flexibility index (Phi) is 6.00. The molecule has 0 fully saturated rings. The van der Waals surface area contributed by atoms with E-state index in [2.05, 4.69) is 28.2 Å². The van der Waals surface area contributed by atoms with Crippen LogP contribution in [0.3, 0.4) is 0 Å². The Bertz CT molecular complexity index is 473. The van der Waals surface area contributed by atoms with Crippen molar-refractivity contribution in [2.24, 2.45) is 0 Å². The maximum atomic E-state index is 11.7. The predicted molar refractivity (Wildman–Crippen MR) is 72.8 cm³/mol. The van der Waals surface area contributed by atoms with Crippen molar-refractivity contribution in [2.45, 2.75) is 26.3 Å². The highest BCUT2D eigenvalue weighted by Crippen LogP contribution is 2.14. The molecule has 7 heteroatoms. The van der Waals surface area contributed by atoms with Crippen LogP contribution >= 0.6 is 15.9 Å². The Morgan fingerprint density at radius 3 is 2.83 bits per heavy atom. The number of aryl methyl sites for hydroxylation is 1. The number of halogens is 1. The number of aromatic nitrogens is 1. The number of hydrogen-bond donors (Lipinski definition) is 1. The minimum Gasteiger partial charge on any atom is -0.317 e. The van der Waals surface area contributed by atoms with Gasteiger partial charge in [0.05, 0.1) is 15.6 Å². The molecule has 6 nitrogen and oxygen atoms in total. The van der Waals surface area contributed by atoms with Crippen molar-refractivity contribution in [2.75, 3.05) is 13.1 Å². The zero-order chi connectivity index (χ0) is 13.5. The van der Waals surface area contributed by atoms with Gasteiger partial charge in [0.15, 0.2) is 0 Å². The Morgan fingerprint density at radius 1 is 1.50 bits per heavy atom. The second-order valence-corrected chi connectivity index (χ2v) is 4.76. The molecule has 0 spiro atoms. The third-order valence-electron chi connectivity index (χ3n) is 2.42. The van der Waals surface area contributed by atoms with Gasteiger partial charge in [-0.3, -0.25) is 14.9 Å². The molecule has 0 aliphatic rings. The molecule has 1 rings (SSSR count). The van der Waals surface area contributed by atoms with Gasteiger partial charge in [-0.25, -0.2) is 0 Å². The van der Waals surface area contributed by atoms with Crippen LogP contribution in [0, 0.1) is 10.1 Å². The van der Waals surface area contributed by atoms with E-state index < -0.39 is 4.92 Å². The van der Waals surface area contributed by atoms with Crippen LogP contribution in [0.15, 0.2) is 21.5 Å². The monoisotopic (exact) mass is 317 g/mol. The number of hydrogen-bond acceptors (Lipinski definition) is 4. The number of rotatable bonds is 7. The third-order valence-corrected chi connectivity index (χ3v) is 2.99. The quantitative estimate of drug-likeness (QED) is 0.473. The molecule has 0 radical (unpaired) electrons. The molecule has 0 bridgehead atoms. The Labute approximate surface area is 113 Å². The maximum Gasteiger partial charge on any atom is 0.286 e. The first-order valence-corrected chi connectivity index (χ1v) is 6.60. The minimum atomic E-state index is -0.504. The molecule has 0 unspecified atom stereocenters. The second-order valence-electron chi connectivity index (χ2n) is 3.91. The van der Waals surface area contributed by atoms with Gasteiger partial charge in [0.1, 0.15) is 0 Å². The van der Waals surface area contributed by atoms with E-state index in [4.69, 9.17) is 0 Å². The summed E-state index contributed by atoms with van der Waals surface area (Å²) in [6.45, 7) is 4.28. The number of nitro groups is 1. The average Bonchev–Trinajstić information content (AvgIpc) is 2.33. The molecule has 1 aromatic rings. The molecule has 1 N–H and O–H groups in total. The normalized spacial score (nSPS) is 10.6. The summed E-state index contributed by atoms with van der Waals surface area (Å²) < 4.78 is 1.59. The van der Waals surface area contributed by atoms with Gasteiger partial charge in [-0.15, -0.1) is 0 Å². The van der Waals surface area contributed by atoms with Gasteiger partial charge >= 0.3 is 0 Å². The van der Waals surface area contributed by atoms with Crippen molar-refractivity contribution in [1.82, 2.24) is 9.88 Å². The third kappa shape index (κ3) is 4.23. The lowest BCUT2D eigenvalue weighted by Crippen LogP contribution is -2.24. The first-order chi connectivity index (χ1) is 8.56. The summed E-state index contributed by atoms with van der Waals surface area (Å²) in [5.74, 6) is 0. The summed E-state index contributed by atoms with van der Waals surface area (Å²) in [5, 5.41) is 13.9. The van der Waals surface area contributed by atoms with E-state index >= 15 is 0 Å². The first kappa shape index (κ1) is 14.8. The van der Waals surface area contributed by atoms with E-state index in [1.54, 1.807) is 0 Å². The van der Waals surface area contributed by atoms with Crippen LogP contribution in [0.25, 0.3) is 0 Å². The van der Waals surface area contributed by atoms with Gasteiger partial charge in [0.25, 0.3) is 11.2 Å². The fraction of sp³-hybridized carbons (Fsp3) is 0.545. The van der Waals surface area contributed by atoms with E-state index in [0.717, 1.165) is 25.9 Å². The number of nitrogens with one attached hydrogen (secondary N) is 1. The summed E-state index contributed by atoms with van der Waals surface area (Å²) >= 11 is 3.05. The lowest BCUT2D eigenvalue weighted by Gasteiger charge is -2.07. The smallest absolute Gasteiger partial charge is 0.286 e. The van der Waals surface area contributed by atoms with E-state index in [1.165, 1.54) is 16.8 Å². The molecule has 0 saturated heterocycles. The molecule has 100 valence electrons. The highest BCUT2D eigenvalue weighted by molar-refractivity contribution is 9.10. The molecule has 0 saturated carbocycles. The number of pyridine rings is 1. The van der Waals surface area contributed by atoms with E-state index in [0.29, 0.717) is 6.54 Å². The van der Waals surface area contributed by atoms with Crippen LogP contribution in [-0.2, 0) is 6.54 Å². The van der Waals surface area contributed by atoms with Crippen molar-refractivity contribution >= 4 is 21.6 Å². The molecular formula is C11H16BrN3O3. The van der Waals surface area contributed by atoms with Crippen molar-refractivity contribution in [3.05, 3.63) is 37.2 Å². The van der Waals surface area contributed by atoms with Crippen LogP contribution in [0.2, 0.25) is 0 Å². The zero-order valence-corrected chi connectivity index (χ0v) is 11.8. The van der Waals surface area contributed by atoms with Crippen LogP contribution in [0.4, 0.5) is 5.69 Å². The molecule has 1 heterocycles. The van der Waals surface area contributed by atoms with E-state index in [-0.39, 0.29) is 15.7 Å². The van der Waals surface area contributed by atoms with Crippen LogP contribution in [0.1, 0.15) is 19.8 Å². The minimum absolute atomic E-state index is 0.0806. The van der Waals surface area contributed by atoms with Gasteiger partial charge in [-0.1, -0.05) is 6.92 Å². The van der Waals surface area contributed by atoms with Gasteiger partial charge < -0.3 is 9.88 Å². The molecule has 0 aromatic carbocycles. The summed E-state index contributed by atoms with van der Waals surface area (Å²) in [5.41, 5.74) is -0.320. The van der Waals surface area contributed by atoms with Crippen molar-refractivity contribution in [3.8, 4) is 0 Å². The van der Waals surface area contributed by atoms with Crippen LogP contribution in [0.5, 0.6) is 0 Å². The summed E-state index contributed by atoms with van der Waals surface area (Å²) in [4.78, 5) is 21.9. The lowest BCUT2D eigenvalue weighted by atomic mass is 10.3. The highest BCUT2D eigenvalue weighted by Gasteiger charge is 2.11. The maximum absolute atomic E-state index is 11.7. The summed E-state index contributed by atoms with van der Waals surface area (Å²) in [6, 6.07) is 1.23. The second kappa shape index (κ2) is 7.27. The highest BCUT2D eigenvalue weighted by atomic mass is 79.9. The van der Waals surface area contributed by atoms with Crippen molar-refractivity contribution < 1.29 is 4.92 Å². The molecule has 1 aromatic heterocycles. The van der Waals surface area contributed by atoms with E-state index in [9.17, 15) is 14.9 Å². The largest absolute Gasteiger partial charge is 0.317 e. The van der Waals surface area contributed by atoms with Crippen molar-refractivity contribution in [1.29, 1.82) is 0 Å². The molecule has 0 amide bonds. The Balaban J connectivity index is 2.69. The lowest BCUT2D eigenvalue weighted by molar-refractivity contribution is -0.385. The van der Waals surface area contributed by atoms with Gasteiger partial charge in [0.2, 0.25) is 0 Å². The fourth-order valence-corrected chi connectivity index (χ4v) is 1.99. The molecule has 18 heavy (non-hydrogen) atoms. The predicted octanol–water partition coefficient (Wildman–Crippen LogP) is 1.91. The van der Waals surface area contributed by atoms with Crippen molar-refractivity contribution in [3.63, 3.8) is 0 Å². The molecule has 0 atom stereocenters. The Morgan fingerprint density at radius 2 is 2.22 bits per heavy atom. The number of nitrogens with zero attached hydrogens (tertiary/aromatic N) is 2. The summed E-state index contributed by atoms with van der Waals surface area (Å²) in [7, 11) is 0. The SMILES string of the molecule is CCCNCCCn1cc([N+](=O)[O-])cc(Br)c1=O. The molecule has 0 aliphatic carbocycles. The topological polar surface area (TPSA) is 77.2 Å². The van der Waals surface area contributed by atoms with Gasteiger partial charge in [-0.2, -0.15) is 0 Å². The van der Waals surface area contributed by atoms with Gasteiger partial charge in [0, 0.05) is 12.6 Å². The molecule has 0 aliphatic heterocycles. The molecular weight excluding hydrogens is 302 g/mol. The standard InChI is InChI=1S/C11H16BrN3O3/c1-2-4-13-5-3-6-14-8-9(15(17)18)7-10(12)11(14)16/h7-8,13H,2-6H2,1H3. The fourth-order valence-electron chi connectivity index (χ4n) is 1.53. The van der Waals surface area contributed by atoms with Crippen LogP contribution in [-0.4, -0.2) is 22.6 Å². The first-order valence-electron chi connectivity index (χ1n) is 5.81. The van der Waals surface area contributed by atoms with Gasteiger partial charge in [-0.05, 0) is 41.9 Å². The van der Waals surface area contributed by atoms with Crippen LogP contribution < -0.4 is 10.9 Å². The summed E-state index contributed by atoms with van der Waals surface area (Å²) in [6.07, 6.45) is 3.10. The van der Waals surface area contributed by atoms with E-state index in [1.807, 2.05) is 0 Å². The zero-order valence-electron chi connectivity index (χ0n) is 10.2. The average molecular weight is 318 g/mol. The Hall–Kier alpha value is -1.21.